The smallest absolute Gasteiger partial charge is 0.318 e. The van der Waals surface area contributed by atoms with E-state index in [0.29, 0.717) is 12.0 Å². The molecule has 0 saturated carbocycles. The van der Waals surface area contributed by atoms with Crippen LogP contribution in [0.4, 0.5) is 0 Å². The largest absolute Gasteiger partial charge is 0.465 e. The lowest BCUT2D eigenvalue weighted by Crippen LogP contribution is -2.37. The number of carbonyl (C=O) groups excluding carboxylic acids is 3. The predicted octanol–water partition coefficient (Wildman–Crippen LogP) is 1.57. The molecule has 0 radical (unpaired) electrons. The van der Waals surface area contributed by atoms with Gasteiger partial charge < -0.3 is 10.1 Å². The summed E-state index contributed by atoms with van der Waals surface area (Å²) in [5, 5.41) is 2.58. The number of nitrogens with one attached hydrogen (secondary N) is 1. The van der Waals surface area contributed by atoms with Gasteiger partial charge in [-0.3, -0.25) is 14.4 Å². The molecule has 1 unspecified atom stereocenters. The van der Waals surface area contributed by atoms with Crippen LogP contribution < -0.4 is 5.32 Å². The van der Waals surface area contributed by atoms with Crippen LogP contribution in [0.1, 0.15) is 30.6 Å². The third kappa shape index (κ3) is 4.84. The van der Waals surface area contributed by atoms with Gasteiger partial charge in [-0.1, -0.05) is 25.1 Å². The summed E-state index contributed by atoms with van der Waals surface area (Å²) in [7, 11) is 0. The van der Waals surface area contributed by atoms with Gasteiger partial charge in [0.25, 0.3) is 5.91 Å². The van der Waals surface area contributed by atoms with E-state index in [1.54, 1.807) is 30.3 Å². The Morgan fingerprint density at radius 2 is 1.85 bits per heavy atom. The van der Waals surface area contributed by atoms with E-state index < -0.39 is 11.9 Å². The molecule has 20 heavy (non-hydrogen) atoms. The molecule has 1 aromatic rings. The molecule has 1 aromatic carbocycles. The summed E-state index contributed by atoms with van der Waals surface area (Å²) in [5.41, 5.74) is 0.483. The van der Waals surface area contributed by atoms with Crippen LogP contribution in [0.2, 0.25) is 0 Å². The summed E-state index contributed by atoms with van der Waals surface area (Å²) in [6.45, 7) is 3.40. The predicted molar refractivity (Wildman–Crippen MR) is 74.2 cm³/mol. The average Bonchev–Trinajstić information content (AvgIpc) is 2.45. The van der Waals surface area contributed by atoms with Crippen molar-refractivity contribution in [2.75, 3.05) is 13.2 Å². The molecule has 0 bridgehead atoms. The van der Waals surface area contributed by atoms with Crippen LogP contribution in [0, 0.1) is 5.92 Å². The second kappa shape index (κ2) is 8.09. The Kier molecular flexibility index (Phi) is 6.43. The van der Waals surface area contributed by atoms with Crippen molar-refractivity contribution in [1.82, 2.24) is 5.32 Å². The Hall–Kier alpha value is -2.17. The lowest BCUT2D eigenvalue weighted by atomic mass is 10.1. The number of Topliss-reactive ketones (excluding diaryl/α,β-unsaturated/α-hetero) is 1. The van der Waals surface area contributed by atoms with Crippen molar-refractivity contribution < 1.29 is 19.1 Å². The summed E-state index contributed by atoms with van der Waals surface area (Å²) < 4.78 is 4.94. The molecular weight excluding hydrogens is 258 g/mol. The quantitative estimate of drug-likeness (QED) is 0.606. The molecule has 0 aliphatic carbocycles. The SMILES string of the molecule is CCCOC(=O)C(CNC(=O)c1ccccc1)C(C)=O. The van der Waals surface area contributed by atoms with Crippen molar-refractivity contribution in [3.8, 4) is 0 Å². The third-order valence-corrected chi connectivity index (χ3v) is 2.73. The monoisotopic (exact) mass is 277 g/mol. The minimum atomic E-state index is -0.950. The molecule has 5 heteroatoms. The Morgan fingerprint density at radius 1 is 1.20 bits per heavy atom. The van der Waals surface area contributed by atoms with Gasteiger partial charge in [-0.15, -0.1) is 0 Å². The first-order valence-electron chi connectivity index (χ1n) is 6.56. The van der Waals surface area contributed by atoms with E-state index in [0.717, 1.165) is 0 Å². The minimum absolute atomic E-state index is 0.0500. The first-order valence-corrected chi connectivity index (χ1v) is 6.56. The van der Waals surface area contributed by atoms with E-state index in [1.807, 2.05) is 6.92 Å². The third-order valence-electron chi connectivity index (χ3n) is 2.73. The van der Waals surface area contributed by atoms with Gasteiger partial charge in [0.15, 0.2) is 0 Å². The number of amides is 1. The number of hydrogen-bond donors (Lipinski definition) is 1. The topological polar surface area (TPSA) is 72.5 Å². The summed E-state index contributed by atoms with van der Waals surface area (Å²) >= 11 is 0. The molecule has 1 N–H and O–H groups in total. The summed E-state index contributed by atoms with van der Waals surface area (Å²) in [6, 6.07) is 8.61. The van der Waals surface area contributed by atoms with Gasteiger partial charge in [-0.25, -0.2) is 0 Å². The molecule has 0 fully saturated rings. The van der Waals surface area contributed by atoms with Gasteiger partial charge in [0.2, 0.25) is 0 Å². The van der Waals surface area contributed by atoms with Gasteiger partial charge >= 0.3 is 5.97 Å². The van der Waals surface area contributed by atoms with Gasteiger partial charge in [-0.2, -0.15) is 0 Å². The molecule has 0 aliphatic heterocycles. The molecule has 1 amide bonds. The van der Waals surface area contributed by atoms with Crippen molar-refractivity contribution in [3.63, 3.8) is 0 Å². The molecule has 0 aliphatic rings. The maximum Gasteiger partial charge on any atom is 0.318 e. The zero-order valence-electron chi connectivity index (χ0n) is 11.7. The van der Waals surface area contributed by atoms with Gasteiger partial charge in [0.1, 0.15) is 11.7 Å². The van der Waals surface area contributed by atoms with Crippen LogP contribution in [0.3, 0.4) is 0 Å². The summed E-state index contributed by atoms with van der Waals surface area (Å²) in [4.78, 5) is 35.0. The normalized spacial score (nSPS) is 11.5. The van der Waals surface area contributed by atoms with Crippen LogP contribution in [0.15, 0.2) is 30.3 Å². The number of benzene rings is 1. The zero-order chi connectivity index (χ0) is 15.0. The maximum atomic E-state index is 11.8. The van der Waals surface area contributed by atoms with E-state index in [2.05, 4.69) is 5.32 Å². The molecule has 1 rings (SSSR count). The second-order valence-electron chi connectivity index (χ2n) is 4.41. The van der Waals surface area contributed by atoms with Crippen molar-refractivity contribution in [2.24, 2.45) is 5.92 Å². The number of rotatable bonds is 7. The van der Waals surface area contributed by atoms with Crippen molar-refractivity contribution in [2.45, 2.75) is 20.3 Å². The van der Waals surface area contributed by atoms with Gasteiger partial charge in [0, 0.05) is 12.1 Å². The highest BCUT2D eigenvalue weighted by molar-refractivity contribution is 5.99. The van der Waals surface area contributed by atoms with E-state index in [-0.39, 0.29) is 24.8 Å². The summed E-state index contributed by atoms with van der Waals surface area (Å²) in [5.74, 6) is -2.18. The molecule has 5 nitrogen and oxygen atoms in total. The molecule has 0 heterocycles. The fourth-order valence-corrected chi connectivity index (χ4v) is 1.58. The Balaban J connectivity index is 2.57. The van der Waals surface area contributed by atoms with Crippen LogP contribution in [0.5, 0.6) is 0 Å². The number of ketones is 1. The highest BCUT2D eigenvalue weighted by Gasteiger charge is 2.25. The summed E-state index contributed by atoms with van der Waals surface area (Å²) in [6.07, 6.45) is 0.687. The van der Waals surface area contributed by atoms with Crippen LogP contribution in [0.25, 0.3) is 0 Å². The van der Waals surface area contributed by atoms with Crippen molar-refractivity contribution >= 4 is 17.7 Å². The Morgan fingerprint density at radius 3 is 2.40 bits per heavy atom. The van der Waals surface area contributed by atoms with Crippen molar-refractivity contribution in [1.29, 1.82) is 0 Å². The molecule has 0 aromatic heterocycles. The molecule has 108 valence electrons. The van der Waals surface area contributed by atoms with Gasteiger partial charge in [0.05, 0.1) is 6.61 Å². The van der Waals surface area contributed by atoms with Crippen LogP contribution in [-0.2, 0) is 14.3 Å². The standard InChI is InChI=1S/C15H19NO4/c1-3-9-20-15(19)13(11(2)17)10-16-14(18)12-7-5-4-6-8-12/h4-8,13H,3,9-10H2,1-2H3,(H,16,18). The fraction of sp³-hybridized carbons (Fsp3) is 0.400. The number of hydrogen-bond acceptors (Lipinski definition) is 4. The second-order valence-corrected chi connectivity index (χ2v) is 4.41. The van der Waals surface area contributed by atoms with Crippen molar-refractivity contribution in [3.05, 3.63) is 35.9 Å². The molecular formula is C15H19NO4. The van der Waals surface area contributed by atoms with E-state index in [9.17, 15) is 14.4 Å². The first kappa shape index (κ1) is 15.9. The Labute approximate surface area is 118 Å². The Bertz CT molecular complexity index is 470. The highest BCUT2D eigenvalue weighted by atomic mass is 16.5. The van der Waals surface area contributed by atoms with E-state index >= 15 is 0 Å². The van der Waals surface area contributed by atoms with Crippen LogP contribution >= 0.6 is 0 Å². The molecule has 0 spiro atoms. The van der Waals surface area contributed by atoms with Crippen LogP contribution in [-0.4, -0.2) is 30.8 Å². The lowest BCUT2D eigenvalue weighted by Gasteiger charge is -2.14. The maximum absolute atomic E-state index is 11.8. The van der Waals surface area contributed by atoms with Gasteiger partial charge in [-0.05, 0) is 25.5 Å². The van der Waals surface area contributed by atoms with E-state index in [4.69, 9.17) is 4.74 Å². The minimum Gasteiger partial charge on any atom is -0.465 e. The fourth-order valence-electron chi connectivity index (χ4n) is 1.58. The number of ether oxygens (including phenoxy) is 1. The molecule has 0 saturated heterocycles. The zero-order valence-corrected chi connectivity index (χ0v) is 11.7. The average molecular weight is 277 g/mol. The molecule has 1 atom stereocenters. The first-order chi connectivity index (χ1) is 9.56. The highest BCUT2D eigenvalue weighted by Crippen LogP contribution is 2.03. The number of carbonyl (C=O) groups is 3. The number of esters is 1. The lowest BCUT2D eigenvalue weighted by molar-refractivity contribution is -0.151. The van der Waals surface area contributed by atoms with E-state index in [1.165, 1.54) is 6.92 Å².